The molecule has 4 aliphatic carbocycles. The summed E-state index contributed by atoms with van der Waals surface area (Å²) in [6.45, 7) is 0.341. The van der Waals surface area contributed by atoms with E-state index in [0.29, 0.717) is 51.1 Å². The molecule has 8 rings (SSSR count). The van der Waals surface area contributed by atoms with Crippen molar-refractivity contribution in [3.8, 4) is 28.4 Å². The maximum atomic E-state index is 11.5. The van der Waals surface area contributed by atoms with Crippen LogP contribution in [0.5, 0.6) is 5.75 Å². The number of aromatic carboxylic acids is 1. The Morgan fingerprint density at radius 1 is 1.05 bits per heavy atom. The van der Waals surface area contributed by atoms with Gasteiger partial charge < -0.3 is 23.6 Å². The second-order valence-corrected chi connectivity index (χ2v) is 12.9. The minimum Gasteiger partial charge on any atom is -0.494 e. The largest absolute Gasteiger partial charge is 0.494 e. The Morgan fingerprint density at radius 2 is 1.79 bits per heavy atom. The quantitative estimate of drug-likeness (QED) is 0.214. The van der Waals surface area contributed by atoms with E-state index < -0.39 is 5.97 Å². The Balaban J connectivity index is 1.09. The standard InChI is InChI=1S/C30H27Cl2N5O6/c1-40-20-10-16(11-34-23(20)26(38)39)25-35-27(43-37-25)28-4-6-29(28)7-9-30(29,8-5-28)41-14-17-22(36-42-24(17)15-2-3-15)21-18(31)12-33-13-19(21)32/h10-13,15H,2-9,14H2,1H3,(H,38,39). The van der Waals surface area contributed by atoms with Crippen LogP contribution in [0.4, 0.5) is 0 Å². The van der Waals surface area contributed by atoms with Gasteiger partial charge in [-0.25, -0.2) is 9.78 Å². The molecule has 4 aliphatic rings. The molecule has 4 fully saturated rings. The average molecular weight is 624 g/mol. The van der Waals surface area contributed by atoms with Crippen molar-refractivity contribution in [1.29, 1.82) is 0 Å². The van der Waals surface area contributed by atoms with Crippen LogP contribution >= 0.6 is 23.2 Å². The molecule has 0 aliphatic heterocycles. The zero-order chi connectivity index (χ0) is 29.6. The lowest BCUT2D eigenvalue weighted by Gasteiger charge is -2.67. The molecular formula is C30H27Cl2N5O6. The number of carbonyl (C=O) groups is 1. The van der Waals surface area contributed by atoms with Gasteiger partial charge in [-0.15, -0.1) is 0 Å². The van der Waals surface area contributed by atoms with Crippen molar-refractivity contribution in [1.82, 2.24) is 25.3 Å². The van der Waals surface area contributed by atoms with E-state index in [-0.39, 0.29) is 27.9 Å². The molecule has 11 nitrogen and oxygen atoms in total. The van der Waals surface area contributed by atoms with Crippen LogP contribution in [0.1, 0.15) is 85.0 Å². The van der Waals surface area contributed by atoms with Crippen LogP contribution < -0.4 is 4.74 Å². The first-order valence-electron chi connectivity index (χ1n) is 14.4. The molecule has 4 heterocycles. The van der Waals surface area contributed by atoms with Crippen molar-refractivity contribution >= 4 is 29.2 Å². The normalized spacial score (nSPS) is 27.2. The second kappa shape index (κ2) is 9.48. The Bertz CT molecular complexity index is 1760. The fourth-order valence-corrected chi connectivity index (χ4v) is 8.44. The number of pyridine rings is 2. The molecule has 4 aromatic rings. The van der Waals surface area contributed by atoms with Gasteiger partial charge in [-0.1, -0.05) is 33.5 Å². The van der Waals surface area contributed by atoms with E-state index in [1.54, 1.807) is 18.5 Å². The summed E-state index contributed by atoms with van der Waals surface area (Å²) in [6.07, 6.45) is 12.3. The molecular weight excluding hydrogens is 597 g/mol. The Hall–Kier alpha value is -3.54. The second-order valence-electron chi connectivity index (χ2n) is 12.1. The van der Waals surface area contributed by atoms with Gasteiger partial charge >= 0.3 is 5.97 Å². The molecule has 43 heavy (non-hydrogen) atoms. The number of hydrogen-bond acceptors (Lipinski definition) is 10. The zero-order valence-corrected chi connectivity index (χ0v) is 24.7. The summed E-state index contributed by atoms with van der Waals surface area (Å²) in [7, 11) is 1.40. The molecule has 1 spiro atoms. The highest BCUT2D eigenvalue weighted by Gasteiger charge is 2.80. The number of nitrogens with zero attached hydrogens (tertiary/aromatic N) is 5. The highest BCUT2D eigenvalue weighted by molar-refractivity contribution is 6.38. The zero-order valence-electron chi connectivity index (χ0n) is 23.2. The summed E-state index contributed by atoms with van der Waals surface area (Å²) in [4.78, 5) is 24.4. The van der Waals surface area contributed by atoms with E-state index in [9.17, 15) is 9.90 Å². The SMILES string of the molecule is COc1cc(-c2noc(C34CCC5(OCc6c(-c7c(Cl)cncc7Cl)noc6C6CC6)CCC53CC4)n2)cnc1C(=O)O. The Labute approximate surface area is 255 Å². The highest BCUT2D eigenvalue weighted by Crippen LogP contribution is 2.79. The lowest BCUT2D eigenvalue weighted by molar-refractivity contribution is -0.249. The predicted molar refractivity (Wildman–Crippen MR) is 152 cm³/mol. The van der Waals surface area contributed by atoms with Crippen LogP contribution in [0.3, 0.4) is 0 Å². The molecule has 0 radical (unpaired) electrons. The van der Waals surface area contributed by atoms with E-state index in [2.05, 4.69) is 20.3 Å². The molecule has 3 unspecified atom stereocenters. The van der Waals surface area contributed by atoms with Crippen LogP contribution in [-0.2, 0) is 16.8 Å². The number of halogens is 2. The van der Waals surface area contributed by atoms with Gasteiger partial charge in [0.05, 0.1) is 34.8 Å². The first kappa shape index (κ1) is 27.0. The number of ether oxygens (including phenoxy) is 2. The molecule has 0 saturated heterocycles. The molecule has 13 heteroatoms. The molecule has 1 N–H and O–H groups in total. The third-order valence-corrected chi connectivity index (χ3v) is 11.0. The number of rotatable bonds is 9. The van der Waals surface area contributed by atoms with E-state index in [1.807, 2.05) is 0 Å². The first-order chi connectivity index (χ1) is 20.8. The molecule has 222 valence electrons. The van der Waals surface area contributed by atoms with Crippen molar-refractivity contribution in [3.05, 3.63) is 57.6 Å². The third-order valence-electron chi connectivity index (χ3n) is 10.4. The summed E-state index contributed by atoms with van der Waals surface area (Å²) in [5, 5.41) is 18.9. The molecule has 4 aromatic heterocycles. The van der Waals surface area contributed by atoms with Gasteiger partial charge in [0.25, 0.3) is 0 Å². The van der Waals surface area contributed by atoms with Crippen LogP contribution in [0, 0.1) is 5.41 Å². The monoisotopic (exact) mass is 623 g/mol. The lowest BCUT2D eigenvalue weighted by Crippen LogP contribution is -2.68. The van der Waals surface area contributed by atoms with Gasteiger partial charge in [0.2, 0.25) is 11.7 Å². The van der Waals surface area contributed by atoms with Gasteiger partial charge in [-0.3, -0.25) is 4.98 Å². The third kappa shape index (κ3) is 3.71. The summed E-state index contributed by atoms with van der Waals surface area (Å²) >= 11 is 13.0. The van der Waals surface area contributed by atoms with Crippen molar-refractivity contribution in [2.45, 2.75) is 74.9 Å². The minimum atomic E-state index is -1.17. The van der Waals surface area contributed by atoms with Crippen LogP contribution in [-0.4, -0.2) is 49.1 Å². The van der Waals surface area contributed by atoms with Crippen LogP contribution in [0.2, 0.25) is 10.0 Å². The molecule has 0 amide bonds. The minimum absolute atomic E-state index is 0.101. The van der Waals surface area contributed by atoms with E-state index in [4.69, 9.17) is 46.7 Å². The fourth-order valence-electron chi connectivity index (χ4n) is 7.90. The van der Waals surface area contributed by atoms with E-state index in [0.717, 1.165) is 62.7 Å². The maximum absolute atomic E-state index is 11.5. The predicted octanol–water partition coefficient (Wildman–Crippen LogP) is 6.63. The number of aromatic nitrogens is 5. The van der Waals surface area contributed by atoms with Crippen LogP contribution in [0.25, 0.3) is 22.6 Å². The van der Waals surface area contributed by atoms with Crippen molar-refractivity contribution < 1.29 is 28.4 Å². The number of methoxy groups -OCH3 is 1. The molecule has 4 saturated carbocycles. The first-order valence-corrected chi connectivity index (χ1v) is 15.1. The topological polar surface area (TPSA) is 146 Å². The van der Waals surface area contributed by atoms with Gasteiger partial charge in [0.15, 0.2) is 11.4 Å². The Morgan fingerprint density at radius 3 is 2.44 bits per heavy atom. The van der Waals surface area contributed by atoms with Crippen molar-refractivity contribution in [2.24, 2.45) is 5.41 Å². The van der Waals surface area contributed by atoms with Crippen LogP contribution in [0.15, 0.2) is 33.7 Å². The fraction of sp³-hybridized carbons (Fsp3) is 0.467. The van der Waals surface area contributed by atoms with Gasteiger partial charge in [-0.05, 0) is 57.4 Å². The molecule has 3 atom stereocenters. The van der Waals surface area contributed by atoms with Crippen molar-refractivity contribution in [2.75, 3.05) is 7.11 Å². The average Bonchev–Trinajstić information content (AvgIpc) is 3.51. The summed E-state index contributed by atoms with van der Waals surface area (Å²) in [5.41, 5.74) is 1.77. The van der Waals surface area contributed by atoms with E-state index >= 15 is 0 Å². The summed E-state index contributed by atoms with van der Waals surface area (Å²) in [5.74, 6) is 1.08. The molecule has 0 bridgehead atoms. The number of carboxylic acids is 1. The van der Waals surface area contributed by atoms with E-state index in [1.165, 1.54) is 13.3 Å². The van der Waals surface area contributed by atoms with Gasteiger partial charge in [-0.2, -0.15) is 4.98 Å². The lowest BCUT2D eigenvalue weighted by atomic mass is 9.39. The van der Waals surface area contributed by atoms with Gasteiger partial charge in [0, 0.05) is 46.6 Å². The number of carboxylic acid groups (broad SMARTS) is 1. The maximum Gasteiger partial charge on any atom is 0.358 e. The summed E-state index contributed by atoms with van der Waals surface area (Å²) < 4.78 is 24.0. The Kier molecular flexibility index (Phi) is 5.96. The smallest absolute Gasteiger partial charge is 0.358 e. The number of hydrogen-bond donors (Lipinski definition) is 1. The van der Waals surface area contributed by atoms with Gasteiger partial charge in [0.1, 0.15) is 11.5 Å². The van der Waals surface area contributed by atoms with Crippen molar-refractivity contribution in [3.63, 3.8) is 0 Å². The summed E-state index contributed by atoms with van der Waals surface area (Å²) in [6, 6.07) is 1.57. The molecule has 0 aromatic carbocycles. The highest BCUT2D eigenvalue weighted by atomic mass is 35.5.